The van der Waals surface area contributed by atoms with Gasteiger partial charge in [0, 0.05) is 18.3 Å². The first-order valence-electron chi connectivity index (χ1n) is 6.94. The molecule has 0 amide bonds. The second-order valence-electron chi connectivity index (χ2n) is 4.28. The van der Waals surface area contributed by atoms with Gasteiger partial charge in [0.05, 0.1) is 10.0 Å². The Balaban J connectivity index is 2.48. The Morgan fingerprint density at radius 1 is 1.13 bits per heavy atom. The second kappa shape index (κ2) is 11.7. The third kappa shape index (κ3) is 8.56. The van der Waals surface area contributed by atoms with Gasteiger partial charge in [-0.05, 0) is 12.5 Å². The number of oxime groups is 1. The Labute approximate surface area is 155 Å². The molecule has 0 aliphatic carbocycles. The maximum absolute atomic E-state index is 6.13. The van der Waals surface area contributed by atoms with Crippen molar-refractivity contribution in [2.45, 2.75) is 19.8 Å². The van der Waals surface area contributed by atoms with Crippen LogP contribution in [-0.4, -0.2) is 26.0 Å². The van der Waals surface area contributed by atoms with Gasteiger partial charge in [-0.2, -0.15) is 0 Å². The summed E-state index contributed by atoms with van der Waals surface area (Å²) >= 11 is 23.3. The molecule has 1 rings (SSSR count). The molecule has 4 nitrogen and oxygen atoms in total. The van der Waals surface area contributed by atoms with Crippen molar-refractivity contribution in [3.8, 4) is 11.5 Å². The molecule has 0 N–H and O–H groups in total. The van der Waals surface area contributed by atoms with E-state index in [9.17, 15) is 0 Å². The molecule has 0 saturated heterocycles. The average molecular weight is 401 g/mol. The van der Waals surface area contributed by atoms with Crippen molar-refractivity contribution < 1.29 is 14.3 Å². The van der Waals surface area contributed by atoms with Crippen molar-refractivity contribution in [3.63, 3.8) is 0 Å². The monoisotopic (exact) mass is 399 g/mol. The van der Waals surface area contributed by atoms with Crippen LogP contribution in [-0.2, 0) is 4.84 Å². The van der Waals surface area contributed by atoms with E-state index in [0.717, 1.165) is 12.8 Å². The smallest absolute Gasteiger partial charge is 0.156 e. The van der Waals surface area contributed by atoms with Crippen molar-refractivity contribution in [1.82, 2.24) is 0 Å². The van der Waals surface area contributed by atoms with Gasteiger partial charge >= 0.3 is 0 Å². The zero-order valence-electron chi connectivity index (χ0n) is 12.5. The van der Waals surface area contributed by atoms with Crippen LogP contribution < -0.4 is 9.47 Å². The van der Waals surface area contributed by atoms with Crippen LogP contribution in [0.5, 0.6) is 11.5 Å². The minimum absolute atomic E-state index is 0.128. The Hall–Kier alpha value is -0.810. The first kappa shape index (κ1) is 20.2. The quantitative estimate of drug-likeness (QED) is 0.280. The number of halogens is 4. The molecular formula is C15H17Cl4NO3. The van der Waals surface area contributed by atoms with Crippen molar-refractivity contribution in [2.75, 3.05) is 19.8 Å². The number of unbranched alkanes of at least 4 members (excludes halogenated alkanes) is 1. The summed E-state index contributed by atoms with van der Waals surface area (Å²) in [6.07, 6.45) is 5.12. The summed E-state index contributed by atoms with van der Waals surface area (Å²) in [5, 5.41) is 4.45. The van der Waals surface area contributed by atoms with Crippen LogP contribution in [0.1, 0.15) is 19.8 Å². The minimum Gasteiger partial charge on any atom is -0.489 e. The normalized spacial score (nSPS) is 10.7. The number of rotatable bonds is 10. The van der Waals surface area contributed by atoms with Gasteiger partial charge in [0.1, 0.15) is 23.5 Å². The van der Waals surface area contributed by atoms with E-state index in [1.54, 1.807) is 18.3 Å². The highest BCUT2D eigenvalue weighted by Crippen LogP contribution is 2.36. The van der Waals surface area contributed by atoms with Crippen molar-refractivity contribution >= 4 is 52.6 Å². The SMILES string of the molecule is CCC/C=N/OCCOc1c(Cl)cc(OCC=C(Cl)Cl)cc1Cl. The highest BCUT2D eigenvalue weighted by Gasteiger charge is 2.10. The van der Waals surface area contributed by atoms with Crippen LogP contribution in [0.25, 0.3) is 0 Å². The van der Waals surface area contributed by atoms with E-state index < -0.39 is 0 Å². The number of ether oxygens (including phenoxy) is 2. The summed E-state index contributed by atoms with van der Waals surface area (Å²) in [4.78, 5) is 5.04. The van der Waals surface area contributed by atoms with Crippen LogP contribution in [0.2, 0.25) is 10.0 Å². The van der Waals surface area contributed by atoms with Gasteiger partial charge in [-0.3, -0.25) is 0 Å². The molecule has 0 radical (unpaired) electrons. The summed E-state index contributed by atoms with van der Waals surface area (Å²) in [7, 11) is 0. The van der Waals surface area contributed by atoms with Crippen LogP contribution >= 0.6 is 46.4 Å². The molecular weight excluding hydrogens is 384 g/mol. The van der Waals surface area contributed by atoms with Crippen molar-refractivity contribution in [1.29, 1.82) is 0 Å². The maximum Gasteiger partial charge on any atom is 0.156 e. The molecule has 1 aromatic rings. The first-order valence-corrected chi connectivity index (χ1v) is 8.45. The number of hydrogen-bond acceptors (Lipinski definition) is 4. The van der Waals surface area contributed by atoms with Crippen LogP contribution in [0.4, 0.5) is 0 Å². The lowest BCUT2D eigenvalue weighted by Gasteiger charge is -2.11. The lowest BCUT2D eigenvalue weighted by molar-refractivity contribution is 0.108. The Kier molecular flexibility index (Phi) is 10.3. The fourth-order valence-electron chi connectivity index (χ4n) is 1.43. The molecule has 1 aromatic carbocycles. The van der Waals surface area contributed by atoms with Crippen LogP contribution in [0, 0.1) is 0 Å². The molecule has 0 bridgehead atoms. The van der Waals surface area contributed by atoms with Gasteiger partial charge in [-0.15, -0.1) is 0 Å². The topological polar surface area (TPSA) is 40.0 Å². The summed E-state index contributed by atoms with van der Waals surface area (Å²) < 4.78 is 11.0. The first-order chi connectivity index (χ1) is 11.0. The van der Waals surface area contributed by atoms with E-state index >= 15 is 0 Å². The Morgan fingerprint density at radius 2 is 1.83 bits per heavy atom. The maximum atomic E-state index is 6.13. The fourth-order valence-corrected chi connectivity index (χ4v) is 2.13. The van der Waals surface area contributed by atoms with E-state index in [2.05, 4.69) is 12.1 Å². The minimum atomic E-state index is 0.128. The highest BCUT2D eigenvalue weighted by molar-refractivity contribution is 6.55. The van der Waals surface area contributed by atoms with Crippen LogP contribution in [0.15, 0.2) is 27.9 Å². The largest absolute Gasteiger partial charge is 0.489 e. The molecule has 23 heavy (non-hydrogen) atoms. The molecule has 0 aliphatic rings. The zero-order valence-corrected chi connectivity index (χ0v) is 15.6. The van der Waals surface area contributed by atoms with Crippen LogP contribution in [0.3, 0.4) is 0 Å². The number of hydrogen-bond donors (Lipinski definition) is 0. The Bertz CT molecular complexity index is 523. The molecule has 0 spiro atoms. The van der Waals surface area contributed by atoms with E-state index in [1.807, 2.05) is 0 Å². The average Bonchev–Trinajstić information content (AvgIpc) is 2.48. The molecule has 8 heteroatoms. The predicted molar refractivity (Wildman–Crippen MR) is 96.6 cm³/mol. The van der Waals surface area contributed by atoms with E-state index in [0.29, 0.717) is 28.2 Å². The second-order valence-corrected chi connectivity index (χ2v) is 6.10. The summed E-state index contributed by atoms with van der Waals surface area (Å²) in [6, 6.07) is 3.19. The molecule has 0 aromatic heterocycles. The predicted octanol–water partition coefficient (Wildman–Crippen LogP) is 5.87. The molecule has 0 aliphatic heterocycles. The van der Waals surface area contributed by atoms with E-state index in [1.165, 1.54) is 6.08 Å². The molecule has 128 valence electrons. The van der Waals surface area contributed by atoms with Gasteiger partial charge in [-0.1, -0.05) is 64.9 Å². The summed E-state index contributed by atoms with van der Waals surface area (Å²) in [5.41, 5.74) is 0. The van der Waals surface area contributed by atoms with E-state index in [-0.39, 0.29) is 17.7 Å². The third-order valence-electron chi connectivity index (χ3n) is 2.45. The molecule has 0 heterocycles. The van der Waals surface area contributed by atoms with E-state index in [4.69, 9.17) is 60.7 Å². The third-order valence-corrected chi connectivity index (χ3v) is 3.32. The lowest BCUT2D eigenvalue weighted by Crippen LogP contribution is -2.05. The number of nitrogens with zero attached hydrogens (tertiary/aromatic N) is 1. The standard InChI is InChI=1S/C15H17Cl4NO3/c1-2-3-5-20-23-8-7-22-15-12(16)9-11(10-13(15)17)21-6-4-14(18)19/h4-5,9-10H,2-3,6-8H2,1H3/b20-5+. The van der Waals surface area contributed by atoms with Gasteiger partial charge in [0.25, 0.3) is 0 Å². The summed E-state index contributed by atoms with van der Waals surface area (Å²) in [5.74, 6) is 0.853. The molecule has 0 fully saturated rings. The molecule has 0 unspecified atom stereocenters. The molecule has 0 atom stereocenters. The zero-order chi connectivity index (χ0) is 17.1. The number of benzene rings is 1. The highest BCUT2D eigenvalue weighted by atomic mass is 35.5. The lowest BCUT2D eigenvalue weighted by atomic mass is 10.3. The Morgan fingerprint density at radius 3 is 2.43 bits per heavy atom. The van der Waals surface area contributed by atoms with Crippen molar-refractivity contribution in [3.05, 3.63) is 32.7 Å². The van der Waals surface area contributed by atoms with Gasteiger partial charge in [0.15, 0.2) is 12.4 Å². The van der Waals surface area contributed by atoms with Gasteiger partial charge < -0.3 is 14.3 Å². The van der Waals surface area contributed by atoms with Crippen molar-refractivity contribution in [2.24, 2.45) is 5.16 Å². The van der Waals surface area contributed by atoms with Gasteiger partial charge in [0.2, 0.25) is 0 Å². The summed E-state index contributed by atoms with van der Waals surface area (Å²) in [6.45, 7) is 2.84. The fraction of sp³-hybridized carbons (Fsp3) is 0.400. The van der Waals surface area contributed by atoms with Gasteiger partial charge in [-0.25, -0.2) is 0 Å². The molecule has 0 saturated carbocycles.